The molecule has 4 N–H and O–H groups in total. The first-order valence-corrected chi connectivity index (χ1v) is 5.48. The molecule has 0 amide bonds. The maximum atomic E-state index is 10.6. The third kappa shape index (κ3) is 4.84. The van der Waals surface area contributed by atoms with Crippen LogP contribution in [0.4, 0.5) is 0 Å². The average molecular weight is 262 g/mol. The van der Waals surface area contributed by atoms with E-state index in [1.807, 2.05) is 0 Å². The Morgan fingerprint density at radius 2 is 2.08 bits per heavy atom. The fourth-order valence-electron chi connectivity index (χ4n) is 0.546. The molecule has 0 bridgehead atoms. The van der Waals surface area contributed by atoms with E-state index in [1.165, 1.54) is 0 Å². The summed E-state index contributed by atoms with van der Waals surface area (Å²) in [4.78, 5) is 27.3. The minimum atomic E-state index is -4.25. The van der Waals surface area contributed by atoms with Crippen molar-refractivity contribution in [3.05, 3.63) is 0 Å². The molecule has 1 atom stereocenters. The summed E-state index contributed by atoms with van der Waals surface area (Å²) < 4.78 is 12.8. The van der Waals surface area contributed by atoms with Gasteiger partial charge in [0, 0.05) is 22.6 Å². The standard InChI is InChI=1S/C4H9BrNO5P/c5-6-3(12(9,10)11)1-2-4(7)8/h3,6H,1-2H2,(H,7,8)(H2,9,10,11). The van der Waals surface area contributed by atoms with Crippen LogP contribution in [0.25, 0.3) is 0 Å². The van der Waals surface area contributed by atoms with Gasteiger partial charge < -0.3 is 14.9 Å². The smallest absolute Gasteiger partial charge is 0.343 e. The second kappa shape index (κ2) is 4.94. The number of aliphatic carboxylic acids is 1. The molecule has 0 aliphatic heterocycles. The lowest BCUT2D eigenvalue weighted by atomic mass is 10.3. The van der Waals surface area contributed by atoms with Gasteiger partial charge in [0.15, 0.2) is 0 Å². The first-order chi connectivity index (χ1) is 5.38. The normalized spacial score (nSPS) is 14.2. The Kier molecular flexibility index (Phi) is 4.96. The van der Waals surface area contributed by atoms with Crippen LogP contribution in [0.15, 0.2) is 0 Å². The molecule has 8 heteroatoms. The third-order valence-electron chi connectivity index (χ3n) is 1.16. The van der Waals surface area contributed by atoms with Crippen molar-refractivity contribution in [2.75, 3.05) is 0 Å². The molecule has 0 saturated heterocycles. The highest BCUT2D eigenvalue weighted by Gasteiger charge is 2.27. The van der Waals surface area contributed by atoms with Crippen molar-refractivity contribution in [2.45, 2.75) is 18.6 Å². The first kappa shape index (κ1) is 12.1. The molecule has 0 fully saturated rings. The number of halogens is 1. The predicted octanol–water partition coefficient (Wildman–Crippen LogP) is 0.254. The van der Waals surface area contributed by atoms with Gasteiger partial charge in [-0.3, -0.25) is 9.36 Å². The molecule has 0 spiro atoms. The van der Waals surface area contributed by atoms with Crippen LogP contribution in [0, 0.1) is 0 Å². The van der Waals surface area contributed by atoms with Gasteiger partial charge in [0.2, 0.25) is 0 Å². The second-order valence-corrected chi connectivity index (χ2v) is 4.41. The number of hydrogen-bond donors (Lipinski definition) is 4. The zero-order valence-electron chi connectivity index (χ0n) is 5.97. The summed E-state index contributed by atoms with van der Waals surface area (Å²) in [6, 6.07) is 0. The van der Waals surface area contributed by atoms with Gasteiger partial charge in [-0.25, -0.2) is 4.34 Å². The lowest BCUT2D eigenvalue weighted by Crippen LogP contribution is -2.21. The zero-order chi connectivity index (χ0) is 9.78. The van der Waals surface area contributed by atoms with Gasteiger partial charge >= 0.3 is 13.6 Å². The van der Waals surface area contributed by atoms with E-state index < -0.39 is 19.3 Å². The fraction of sp³-hybridized carbons (Fsp3) is 0.750. The van der Waals surface area contributed by atoms with Crippen molar-refractivity contribution in [1.82, 2.24) is 4.34 Å². The van der Waals surface area contributed by atoms with Gasteiger partial charge in [-0.05, 0) is 6.42 Å². The molecule has 0 saturated carbocycles. The molecule has 12 heavy (non-hydrogen) atoms. The van der Waals surface area contributed by atoms with E-state index in [9.17, 15) is 9.36 Å². The van der Waals surface area contributed by atoms with Crippen molar-refractivity contribution in [3.63, 3.8) is 0 Å². The minimum absolute atomic E-state index is 0.120. The third-order valence-corrected chi connectivity index (χ3v) is 3.27. The number of rotatable bonds is 5. The Hall–Kier alpha value is 0.0600. The molecule has 0 rings (SSSR count). The zero-order valence-corrected chi connectivity index (χ0v) is 8.46. The summed E-state index contributed by atoms with van der Waals surface area (Å²) in [5, 5.41) is 8.23. The molecule has 0 aliphatic rings. The summed E-state index contributed by atoms with van der Waals surface area (Å²) in [6.45, 7) is 0. The summed E-state index contributed by atoms with van der Waals surface area (Å²) in [5.74, 6) is -2.23. The average Bonchev–Trinajstić information content (AvgIpc) is 1.85. The van der Waals surface area contributed by atoms with E-state index in [-0.39, 0.29) is 12.8 Å². The lowest BCUT2D eigenvalue weighted by molar-refractivity contribution is -0.137. The number of hydrogen-bond acceptors (Lipinski definition) is 3. The summed E-state index contributed by atoms with van der Waals surface area (Å²) in [6.07, 6.45) is -0.404. The quantitative estimate of drug-likeness (QED) is 0.418. The molecule has 0 radical (unpaired) electrons. The number of carbonyl (C=O) groups is 1. The van der Waals surface area contributed by atoms with Crippen LogP contribution in [0.5, 0.6) is 0 Å². The molecule has 0 aromatic rings. The Morgan fingerprint density at radius 3 is 2.33 bits per heavy atom. The van der Waals surface area contributed by atoms with Crippen molar-refractivity contribution in [3.8, 4) is 0 Å². The molecule has 1 unspecified atom stereocenters. The Bertz CT molecular complexity index is 204. The summed E-state index contributed by atoms with van der Waals surface area (Å²) in [7, 11) is -4.25. The maximum Gasteiger partial charge on any atom is 0.343 e. The van der Waals surface area contributed by atoms with Gasteiger partial charge in [-0.1, -0.05) is 0 Å². The highest BCUT2D eigenvalue weighted by atomic mass is 79.9. The van der Waals surface area contributed by atoms with Gasteiger partial charge in [0.1, 0.15) is 5.78 Å². The molecule has 6 nitrogen and oxygen atoms in total. The molecular weight excluding hydrogens is 253 g/mol. The number of nitrogens with one attached hydrogen (secondary N) is 1. The highest BCUT2D eigenvalue weighted by molar-refractivity contribution is 9.08. The molecule has 0 heterocycles. The predicted molar refractivity (Wildman–Crippen MR) is 44.8 cm³/mol. The van der Waals surface area contributed by atoms with Crippen molar-refractivity contribution in [2.24, 2.45) is 0 Å². The number of carboxylic acids is 1. The van der Waals surface area contributed by atoms with E-state index in [4.69, 9.17) is 14.9 Å². The van der Waals surface area contributed by atoms with E-state index >= 15 is 0 Å². The monoisotopic (exact) mass is 261 g/mol. The minimum Gasteiger partial charge on any atom is -0.481 e. The topological polar surface area (TPSA) is 107 Å². The van der Waals surface area contributed by atoms with Crippen LogP contribution < -0.4 is 4.34 Å². The van der Waals surface area contributed by atoms with E-state index in [2.05, 4.69) is 20.5 Å². The highest BCUT2D eigenvalue weighted by Crippen LogP contribution is 2.42. The van der Waals surface area contributed by atoms with E-state index in [1.54, 1.807) is 0 Å². The van der Waals surface area contributed by atoms with Gasteiger partial charge in [0.25, 0.3) is 0 Å². The van der Waals surface area contributed by atoms with Crippen molar-refractivity contribution in [1.29, 1.82) is 0 Å². The summed E-state index contributed by atoms with van der Waals surface area (Å²) >= 11 is 2.67. The van der Waals surface area contributed by atoms with Gasteiger partial charge in [0.05, 0.1) is 0 Å². The lowest BCUT2D eigenvalue weighted by Gasteiger charge is -2.14. The SMILES string of the molecule is O=C(O)CCC(NBr)P(=O)(O)O. The van der Waals surface area contributed by atoms with Crippen LogP contribution in [-0.2, 0) is 9.36 Å². The molecule has 0 aliphatic carbocycles. The van der Waals surface area contributed by atoms with Gasteiger partial charge in [-0.2, -0.15) is 0 Å². The number of carboxylic acid groups (broad SMARTS) is 1. The van der Waals surface area contributed by atoms with Crippen molar-refractivity contribution >= 4 is 29.7 Å². The summed E-state index contributed by atoms with van der Waals surface area (Å²) in [5.41, 5.74) is 0. The van der Waals surface area contributed by atoms with Crippen LogP contribution in [-0.4, -0.2) is 26.6 Å². The molecular formula is C4H9BrNO5P. The van der Waals surface area contributed by atoms with Crippen LogP contribution >= 0.6 is 23.7 Å². The Labute approximate surface area is 77.5 Å². The van der Waals surface area contributed by atoms with Crippen LogP contribution in [0.1, 0.15) is 12.8 Å². The molecule has 72 valence electrons. The second-order valence-electron chi connectivity index (χ2n) is 2.15. The Morgan fingerprint density at radius 1 is 1.58 bits per heavy atom. The molecule has 0 aromatic carbocycles. The molecule has 0 aromatic heterocycles. The van der Waals surface area contributed by atoms with E-state index in [0.717, 1.165) is 0 Å². The van der Waals surface area contributed by atoms with Gasteiger partial charge in [-0.15, -0.1) is 0 Å². The van der Waals surface area contributed by atoms with E-state index in [0.29, 0.717) is 0 Å². The van der Waals surface area contributed by atoms with Crippen LogP contribution in [0.3, 0.4) is 0 Å². The Balaban J connectivity index is 4.02. The maximum absolute atomic E-state index is 10.6. The van der Waals surface area contributed by atoms with Crippen molar-refractivity contribution < 1.29 is 24.3 Å². The fourth-order valence-corrected chi connectivity index (χ4v) is 2.17. The first-order valence-electron chi connectivity index (χ1n) is 3.01. The largest absolute Gasteiger partial charge is 0.481 e. The van der Waals surface area contributed by atoms with Crippen LogP contribution in [0.2, 0.25) is 0 Å².